The largest absolute Gasteiger partial charge is 0.297 e. The molecule has 0 radical (unpaired) electrons. The number of likely N-dealkylation sites (tertiary alicyclic amines) is 1. The summed E-state index contributed by atoms with van der Waals surface area (Å²) in [6, 6.07) is 0.171. The first-order valence-electron chi connectivity index (χ1n) is 8.03. The molecule has 0 amide bonds. The van der Waals surface area contributed by atoms with Crippen molar-refractivity contribution in [1.82, 2.24) is 4.90 Å². The van der Waals surface area contributed by atoms with E-state index >= 15 is 0 Å². The Bertz CT molecular complexity index is 364. The molecule has 0 aromatic heterocycles. The van der Waals surface area contributed by atoms with Gasteiger partial charge in [-0.25, -0.2) is 0 Å². The van der Waals surface area contributed by atoms with Gasteiger partial charge < -0.3 is 0 Å². The van der Waals surface area contributed by atoms with Crippen molar-refractivity contribution in [3.8, 4) is 0 Å². The average molecular weight is 265 g/mol. The highest BCUT2D eigenvalue weighted by Gasteiger charge is 2.68. The average Bonchev–Trinajstić information content (AvgIpc) is 2.81. The molecule has 1 aliphatic heterocycles. The predicted octanol–water partition coefficient (Wildman–Crippen LogP) is 3.89. The Kier molecular flexibility index (Phi) is 3.62. The number of ketones is 1. The lowest BCUT2D eigenvalue weighted by Gasteiger charge is -2.27. The van der Waals surface area contributed by atoms with Crippen molar-refractivity contribution in [3.05, 3.63) is 0 Å². The zero-order valence-corrected chi connectivity index (χ0v) is 13.7. The standard InChI is InChI=1S/C17H31NO/c1-7-16(8-2)11-17(16)10-13(18(9-3)12-17)14(19)15(4,5)6/h13H,7-12H2,1-6H3/t13-,17+/m0/s1. The highest BCUT2D eigenvalue weighted by atomic mass is 16.1. The van der Waals surface area contributed by atoms with Crippen molar-refractivity contribution >= 4 is 5.78 Å². The van der Waals surface area contributed by atoms with Gasteiger partial charge in [0.25, 0.3) is 0 Å². The lowest BCUT2D eigenvalue weighted by atomic mass is 9.81. The van der Waals surface area contributed by atoms with E-state index in [1.54, 1.807) is 0 Å². The van der Waals surface area contributed by atoms with E-state index in [1.807, 2.05) is 0 Å². The maximum Gasteiger partial charge on any atom is 0.155 e. The van der Waals surface area contributed by atoms with Crippen molar-refractivity contribution < 1.29 is 4.79 Å². The van der Waals surface area contributed by atoms with Gasteiger partial charge in [0.1, 0.15) is 0 Å². The minimum absolute atomic E-state index is 0.171. The van der Waals surface area contributed by atoms with Crippen LogP contribution < -0.4 is 0 Å². The fraction of sp³-hybridized carbons (Fsp3) is 0.941. The van der Waals surface area contributed by atoms with Gasteiger partial charge in [0.15, 0.2) is 5.78 Å². The molecule has 2 rings (SSSR count). The molecule has 0 unspecified atom stereocenters. The van der Waals surface area contributed by atoms with Crippen molar-refractivity contribution in [2.45, 2.75) is 73.3 Å². The fourth-order valence-corrected chi connectivity index (χ4v) is 4.52. The minimum Gasteiger partial charge on any atom is -0.297 e. The van der Waals surface area contributed by atoms with Crippen molar-refractivity contribution in [2.24, 2.45) is 16.2 Å². The van der Waals surface area contributed by atoms with Gasteiger partial charge in [-0.05, 0) is 43.1 Å². The van der Waals surface area contributed by atoms with Gasteiger partial charge in [0, 0.05) is 12.0 Å². The van der Waals surface area contributed by atoms with E-state index in [0.717, 1.165) is 19.5 Å². The molecule has 2 heteroatoms. The van der Waals surface area contributed by atoms with Crippen LogP contribution in [0.15, 0.2) is 0 Å². The van der Waals surface area contributed by atoms with Gasteiger partial charge in [-0.2, -0.15) is 0 Å². The normalized spacial score (nSPS) is 33.9. The molecule has 1 saturated carbocycles. The van der Waals surface area contributed by atoms with Crippen molar-refractivity contribution in [2.75, 3.05) is 13.1 Å². The highest BCUT2D eigenvalue weighted by molar-refractivity contribution is 5.89. The molecule has 19 heavy (non-hydrogen) atoms. The molecule has 110 valence electrons. The first-order valence-corrected chi connectivity index (χ1v) is 8.03. The third-order valence-electron chi connectivity index (χ3n) is 6.01. The van der Waals surface area contributed by atoms with Crippen LogP contribution in [0.1, 0.15) is 67.2 Å². The topological polar surface area (TPSA) is 20.3 Å². The van der Waals surface area contributed by atoms with Crippen LogP contribution in [0, 0.1) is 16.2 Å². The number of Topliss-reactive ketones (excluding diaryl/α,β-unsaturated/α-hetero) is 1. The molecule has 1 spiro atoms. The van der Waals surface area contributed by atoms with Gasteiger partial charge >= 0.3 is 0 Å². The van der Waals surface area contributed by atoms with Gasteiger partial charge in [0.05, 0.1) is 6.04 Å². The minimum atomic E-state index is -0.209. The van der Waals surface area contributed by atoms with E-state index < -0.39 is 0 Å². The summed E-state index contributed by atoms with van der Waals surface area (Å²) in [6.45, 7) is 15.2. The van der Waals surface area contributed by atoms with E-state index in [2.05, 4.69) is 46.4 Å². The lowest BCUT2D eigenvalue weighted by molar-refractivity contribution is -0.130. The second-order valence-corrected chi connectivity index (χ2v) is 7.84. The first-order chi connectivity index (χ1) is 8.75. The van der Waals surface area contributed by atoms with E-state index in [1.165, 1.54) is 19.3 Å². The van der Waals surface area contributed by atoms with E-state index in [0.29, 0.717) is 16.6 Å². The number of rotatable bonds is 4. The Labute approximate surface area is 118 Å². The van der Waals surface area contributed by atoms with Crippen LogP contribution in [0.2, 0.25) is 0 Å². The van der Waals surface area contributed by atoms with Crippen LogP contribution in [0.25, 0.3) is 0 Å². The molecule has 0 aromatic rings. The Hall–Kier alpha value is -0.370. The Morgan fingerprint density at radius 2 is 1.79 bits per heavy atom. The summed E-state index contributed by atoms with van der Waals surface area (Å²) in [5.74, 6) is 0.444. The SMILES string of the molecule is CCN1C[C@@]2(C[C@H]1C(=O)C(C)(C)C)CC2(CC)CC. The number of nitrogens with zero attached hydrogens (tertiary/aromatic N) is 1. The third-order valence-corrected chi connectivity index (χ3v) is 6.01. The molecular weight excluding hydrogens is 234 g/mol. The Morgan fingerprint density at radius 3 is 2.16 bits per heavy atom. The van der Waals surface area contributed by atoms with Gasteiger partial charge in [0.2, 0.25) is 0 Å². The van der Waals surface area contributed by atoms with Crippen LogP contribution in [-0.4, -0.2) is 29.8 Å². The summed E-state index contributed by atoms with van der Waals surface area (Å²) < 4.78 is 0. The summed E-state index contributed by atoms with van der Waals surface area (Å²) in [6.07, 6.45) is 5.00. The Morgan fingerprint density at radius 1 is 1.21 bits per heavy atom. The summed E-state index contributed by atoms with van der Waals surface area (Å²) in [4.78, 5) is 15.1. The highest BCUT2D eigenvalue weighted by Crippen LogP contribution is 2.72. The third kappa shape index (κ3) is 2.16. The number of carbonyl (C=O) groups is 1. The number of hydrogen-bond acceptors (Lipinski definition) is 2. The number of likely N-dealkylation sites (N-methyl/N-ethyl adjacent to an activating group) is 1. The van der Waals surface area contributed by atoms with Gasteiger partial charge in [-0.3, -0.25) is 9.69 Å². The van der Waals surface area contributed by atoms with E-state index in [4.69, 9.17) is 0 Å². The maximum absolute atomic E-state index is 12.7. The van der Waals surface area contributed by atoms with E-state index in [-0.39, 0.29) is 11.5 Å². The summed E-state index contributed by atoms with van der Waals surface area (Å²) >= 11 is 0. The van der Waals surface area contributed by atoms with Crippen molar-refractivity contribution in [3.63, 3.8) is 0 Å². The molecule has 0 bridgehead atoms. The van der Waals surface area contributed by atoms with E-state index in [9.17, 15) is 4.79 Å². The first kappa shape index (κ1) is 15.0. The van der Waals surface area contributed by atoms with Gasteiger partial charge in [-0.1, -0.05) is 41.5 Å². The van der Waals surface area contributed by atoms with Crippen LogP contribution in [-0.2, 0) is 4.79 Å². The Balaban J connectivity index is 2.19. The molecule has 1 aliphatic carbocycles. The smallest absolute Gasteiger partial charge is 0.155 e. The van der Waals surface area contributed by atoms with Crippen LogP contribution in [0.5, 0.6) is 0 Å². The second kappa shape index (κ2) is 4.58. The molecule has 2 atom stereocenters. The molecule has 0 aromatic carbocycles. The number of hydrogen-bond donors (Lipinski definition) is 0. The molecule has 2 nitrogen and oxygen atoms in total. The molecule has 1 saturated heterocycles. The zero-order chi connectivity index (χ0) is 14.5. The zero-order valence-electron chi connectivity index (χ0n) is 13.7. The molecule has 0 N–H and O–H groups in total. The van der Waals surface area contributed by atoms with Crippen molar-refractivity contribution in [1.29, 1.82) is 0 Å². The fourth-order valence-electron chi connectivity index (χ4n) is 4.52. The molecular formula is C17H31NO. The van der Waals surface area contributed by atoms with Crippen LogP contribution >= 0.6 is 0 Å². The monoisotopic (exact) mass is 265 g/mol. The molecule has 2 aliphatic rings. The summed E-state index contributed by atoms with van der Waals surface area (Å²) in [5.41, 5.74) is 0.783. The van der Waals surface area contributed by atoms with Gasteiger partial charge in [-0.15, -0.1) is 0 Å². The lowest BCUT2D eigenvalue weighted by Crippen LogP contribution is -2.41. The van der Waals surface area contributed by atoms with Crippen LogP contribution in [0.4, 0.5) is 0 Å². The molecule has 2 fully saturated rings. The predicted molar refractivity (Wildman–Crippen MR) is 80.2 cm³/mol. The quantitative estimate of drug-likeness (QED) is 0.768. The summed E-state index contributed by atoms with van der Waals surface area (Å²) in [5, 5.41) is 0. The summed E-state index contributed by atoms with van der Waals surface area (Å²) in [7, 11) is 0. The second-order valence-electron chi connectivity index (χ2n) is 7.84. The maximum atomic E-state index is 12.7. The van der Waals surface area contributed by atoms with Crippen LogP contribution in [0.3, 0.4) is 0 Å². The molecule has 1 heterocycles. The number of carbonyl (C=O) groups excluding carboxylic acids is 1.